The Labute approximate surface area is 165 Å². The first-order chi connectivity index (χ1) is 13.7. The zero-order valence-electron chi connectivity index (χ0n) is 15.4. The lowest BCUT2D eigenvalue weighted by Crippen LogP contribution is -2.42. The molecule has 0 spiro atoms. The SMILES string of the molecule is CCOC(=O)N1CCC(Nc2ncncc2-c2nc(-c3cccs3)no2)CC1. The number of carbonyl (C=O) groups is 1. The molecule has 4 rings (SSSR count). The summed E-state index contributed by atoms with van der Waals surface area (Å²) in [4.78, 5) is 27.4. The molecular weight excluding hydrogens is 380 g/mol. The van der Waals surface area contributed by atoms with Gasteiger partial charge in [-0.25, -0.2) is 14.8 Å². The fourth-order valence-electron chi connectivity index (χ4n) is 3.05. The van der Waals surface area contributed by atoms with Crippen molar-refractivity contribution in [1.82, 2.24) is 25.0 Å². The van der Waals surface area contributed by atoms with Gasteiger partial charge in [0.1, 0.15) is 17.7 Å². The molecule has 28 heavy (non-hydrogen) atoms. The minimum absolute atomic E-state index is 0.180. The number of hydrogen-bond donors (Lipinski definition) is 1. The molecule has 1 amide bonds. The standard InChI is InChI=1S/C18H20N6O3S/c1-2-26-18(25)24-7-5-12(6-8-24)21-15-13(10-19-11-20-15)17-22-16(23-27-17)14-4-3-9-28-14/h3-4,9-12H,2,5-8H2,1H3,(H,19,20,21). The molecule has 0 saturated carbocycles. The van der Waals surface area contributed by atoms with Gasteiger partial charge in [-0.2, -0.15) is 4.98 Å². The number of ether oxygens (including phenoxy) is 1. The summed E-state index contributed by atoms with van der Waals surface area (Å²) >= 11 is 1.55. The van der Waals surface area contributed by atoms with Crippen molar-refractivity contribution < 1.29 is 14.1 Å². The van der Waals surface area contributed by atoms with Crippen LogP contribution in [-0.2, 0) is 4.74 Å². The number of thiophene rings is 1. The van der Waals surface area contributed by atoms with E-state index in [1.165, 1.54) is 6.33 Å². The van der Waals surface area contributed by atoms with Crippen LogP contribution < -0.4 is 5.32 Å². The van der Waals surface area contributed by atoms with Gasteiger partial charge >= 0.3 is 6.09 Å². The van der Waals surface area contributed by atoms with Crippen LogP contribution in [0.4, 0.5) is 10.6 Å². The number of nitrogens with zero attached hydrogens (tertiary/aromatic N) is 5. The van der Waals surface area contributed by atoms with E-state index in [1.807, 2.05) is 24.4 Å². The van der Waals surface area contributed by atoms with Gasteiger partial charge in [0.05, 0.1) is 11.5 Å². The Morgan fingerprint density at radius 3 is 3.04 bits per heavy atom. The van der Waals surface area contributed by atoms with Gasteiger partial charge in [0, 0.05) is 25.3 Å². The lowest BCUT2D eigenvalue weighted by atomic mass is 10.1. The maximum atomic E-state index is 11.8. The van der Waals surface area contributed by atoms with Gasteiger partial charge in [-0.1, -0.05) is 11.2 Å². The molecule has 0 atom stereocenters. The number of carbonyl (C=O) groups excluding carboxylic acids is 1. The Bertz CT molecular complexity index is 921. The molecule has 1 aliphatic rings. The molecule has 1 N–H and O–H groups in total. The number of amides is 1. The number of rotatable bonds is 5. The van der Waals surface area contributed by atoms with E-state index >= 15 is 0 Å². The van der Waals surface area contributed by atoms with Crippen LogP contribution in [0.5, 0.6) is 0 Å². The number of nitrogens with one attached hydrogen (secondary N) is 1. The van der Waals surface area contributed by atoms with Crippen LogP contribution in [0, 0.1) is 0 Å². The number of piperidine rings is 1. The molecule has 1 saturated heterocycles. The molecule has 1 fully saturated rings. The minimum Gasteiger partial charge on any atom is -0.450 e. The lowest BCUT2D eigenvalue weighted by Gasteiger charge is -2.32. The maximum absolute atomic E-state index is 11.8. The molecule has 0 bridgehead atoms. The van der Waals surface area contributed by atoms with Crippen LogP contribution in [0.2, 0.25) is 0 Å². The third kappa shape index (κ3) is 3.96. The summed E-state index contributed by atoms with van der Waals surface area (Å²) in [5.41, 5.74) is 0.658. The second-order valence-electron chi connectivity index (χ2n) is 6.29. The van der Waals surface area contributed by atoms with Crippen LogP contribution in [0.3, 0.4) is 0 Å². The molecule has 9 nitrogen and oxygen atoms in total. The fraction of sp³-hybridized carbons (Fsp3) is 0.389. The van der Waals surface area contributed by atoms with Gasteiger partial charge in [-0.3, -0.25) is 0 Å². The predicted octanol–water partition coefficient (Wildman–Crippen LogP) is 3.29. The van der Waals surface area contributed by atoms with Crippen LogP contribution >= 0.6 is 11.3 Å². The Morgan fingerprint density at radius 2 is 2.29 bits per heavy atom. The highest BCUT2D eigenvalue weighted by Gasteiger charge is 2.25. The van der Waals surface area contributed by atoms with E-state index in [9.17, 15) is 4.79 Å². The monoisotopic (exact) mass is 400 g/mol. The topological polar surface area (TPSA) is 106 Å². The first kappa shape index (κ1) is 18.4. The third-order valence-corrected chi connectivity index (χ3v) is 5.34. The zero-order chi connectivity index (χ0) is 19.3. The van der Waals surface area contributed by atoms with Crippen molar-refractivity contribution in [2.24, 2.45) is 0 Å². The van der Waals surface area contributed by atoms with Gasteiger partial charge in [0.25, 0.3) is 5.89 Å². The quantitative estimate of drug-likeness (QED) is 0.695. The Balaban J connectivity index is 1.45. The van der Waals surface area contributed by atoms with Crippen molar-refractivity contribution in [3.63, 3.8) is 0 Å². The Morgan fingerprint density at radius 1 is 1.43 bits per heavy atom. The third-order valence-electron chi connectivity index (χ3n) is 4.47. The van der Waals surface area contributed by atoms with Crippen molar-refractivity contribution in [1.29, 1.82) is 0 Å². The number of anilines is 1. The smallest absolute Gasteiger partial charge is 0.409 e. The van der Waals surface area contributed by atoms with E-state index in [1.54, 1.807) is 22.4 Å². The van der Waals surface area contributed by atoms with Crippen molar-refractivity contribution in [3.8, 4) is 22.2 Å². The minimum atomic E-state index is -0.254. The van der Waals surface area contributed by atoms with E-state index < -0.39 is 0 Å². The number of hydrogen-bond acceptors (Lipinski definition) is 9. The zero-order valence-corrected chi connectivity index (χ0v) is 16.2. The molecule has 0 aliphatic carbocycles. The highest BCUT2D eigenvalue weighted by atomic mass is 32.1. The lowest BCUT2D eigenvalue weighted by molar-refractivity contribution is 0.0983. The van der Waals surface area contributed by atoms with Crippen LogP contribution in [0.15, 0.2) is 34.6 Å². The van der Waals surface area contributed by atoms with Crippen molar-refractivity contribution >= 4 is 23.2 Å². The highest BCUT2D eigenvalue weighted by molar-refractivity contribution is 7.13. The first-order valence-corrected chi connectivity index (χ1v) is 9.98. The molecule has 0 radical (unpaired) electrons. The Kier molecular flexibility index (Phi) is 5.47. The number of aromatic nitrogens is 4. The summed E-state index contributed by atoms with van der Waals surface area (Å²) in [6, 6.07) is 4.06. The van der Waals surface area contributed by atoms with E-state index in [0.29, 0.717) is 42.8 Å². The first-order valence-electron chi connectivity index (χ1n) is 9.10. The molecule has 0 unspecified atom stereocenters. The van der Waals surface area contributed by atoms with Crippen LogP contribution in [0.1, 0.15) is 19.8 Å². The molecule has 4 heterocycles. The van der Waals surface area contributed by atoms with Gasteiger partial charge in [0.15, 0.2) is 0 Å². The number of likely N-dealkylation sites (tertiary alicyclic amines) is 1. The van der Waals surface area contributed by atoms with E-state index in [0.717, 1.165) is 17.7 Å². The average Bonchev–Trinajstić information content (AvgIpc) is 3.41. The Hall–Kier alpha value is -3.01. The van der Waals surface area contributed by atoms with Gasteiger partial charge in [0.2, 0.25) is 5.82 Å². The molecular formula is C18H20N6O3S. The van der Waals surface area contributed by atoms with Crippen LogP contribution in [0.25, 0.3) is 22.2 Å². The molecule has 146 valence electrons. The summed E-state index contributed by atoms with van der Waals surface area (Å²) in [6.45, 7) is 3.48. The second kappa shape index (κ2) is 8.34. The van der Waals surface area contributed by atoms with E-state index in [4.69, 9.17) is 9.26 Å². The molecule has 1 aliphatic heterocycles. The molecule has 3 aromatic rings. The van der Waals surface area contributed by atoms with Crippen LogP contribution in [-0.4, -0.2) is 56.8 Å². The van der Waals surface area contributed by atoms with E-state index in [2.05, 4.69) is 25.4 Å². The highest BCUT2D eigenvalue weighted by Crippen LogP contribution is 2.29. The van der Waals surface area contributed by atoms with Gasteiger partial charge < -0.3 is 19.5 Å². The largest absolute Gasteiger partial charge is 0.450 e. The van der Waals surface area contributed by atoms with E-state index in [-0.39, 0.29) is 12.1 Å². The van der Waals surface area contributed by atoms with Gasteiger partial charge in [-0.05, 0) is 31.2 Å². The molecule has 3 aromatic heterocycles. The summed E-state index contributed by atoms with van der Waals surface area (Å²) in [6.07, 6.45) is 4.49. The molecule has 0 aromatic carbocycles. The van der Waals surface area contributed by atoms with Crippen molar-refractivity contribution in [2.45, 2.75) is 25.8 Å². The molecule has 10 heteroatoms. The second-order valence-corrected chi connectivity index (χ2v) is 7.24. The fourth-order valence-corrected chi connectivity index (χ4v) is 3.70. The maximum Gasteiger partial charge on any atom is 0.409 e. The summed E-state index contributed by atoms with van der Waals surface area (Å²) in [5, 5.41) is 9.45. The summed E-state index contributed by atoms with van der Waals surface area (Å²) in [7, 11) is 0. The normalized spacial score (nSPS) is 14.8. The summed E-state index contributed by atoms with van der Waals surface area (Å²) in [5.74, 6) is 1.56. The van der Waals surface area contributed by atoms with Crippen molar-refractivity contribution in [3.05, 3.63) is 30.0 Å². The van der Waals surface area contributed by atoms with Gasteiger partial charge in [-0.15, -0.1) is 11.3 Å². The summed E-state index contributed by atoms with van der Waals surface area (Å²) < 4.78 is 10.5. The van der Waals surface area contributed by atoms with Crippen molar-refractivity contribution in [2.75, 3.05) is 25.0 Å². The average molecular weight is 400 g/mol. The predicted molar refractivity (Wildman–Crippen MR) is 104 cm³/mol.